The van der Waals surface area contributed by atoms with Gasteiger partial charge in [-0.3, -0.25) is 9.48 Å². The Balaban J connectivity index is 1.46. The van der Waals surface area contributed by atoms with Crippen LogP contribution in [0.1, 0.15) is 41.6 Å². The Bertz CT molecular complexity index is 1130. The van der Waals surface area contributed by atoms with Gasteiger partial charge in [0, 0.05) is 25.0 Å². The highest BCUT2D eigenvalue weighted by molar-refractivity contribution is 7.89. The molecular weight excluding hydrogens is 412 g/mol. The highest BCUT2D eigenvalue weighted by atomic mass is 32.2. The van der Waals surface area contributed by atoms with E-state index < -0.39 is 10.0 Å². The number of sulfonamides is 1. The van der Waals surface area contributed by atoms with Crippen molar-refractivity contribution in [2.24, 2.45) is 0 Å². The zero-order valence-corrected chi connectivity index (χ0v) is 18.1. The van der Waals surface area contributed by atoms with Gasteiger partial charge in [0.25, 0.3) is 5.91 Å². The lowest BCUT2D eigenvalue weighted by molar-refractivity contribution is 0.102. The SMILES string of the molecule is O=C(Nc1cccc(S(=O)(=O)N2CCCCCC2)c1)c1cnn(Cc2ccccc2)c1. The smallest absolute Gasteiger partial charge is 0.258 e. The van der Waals surface area contributed by atoms with E-state index in [1.54, 1.807) is 33.4 Å². The minimum Gasteiger partial charge on any atom is -0.322 e. The fraction of sp³-hybridized carbons (Fsp3) is 0.304. The highest BCUT2D eigenvalue weighted by Gasteiger charge is 2.25. The summed E-state index contributed by atoms with van der Waals surface area (Å²) in [7, 11) is -3.57. The summed E-state index contributed by atoms with van der Waals surface area (Å²) in [6.07, 6.45) is 7.06. The molecule has 162 valence electrons. The van der Waals surface area contributed by atoms with E-state index in [1.165, 1.54) is 12.3 Å². The number of aromatic nitrogens is 2. The lowest BCUT2D eigenvalue weighted by Crippen LogP contribution is -2.32. The van der Waals surface area contributed by atoms with Gasteiger partial charge >= 0.3 is 0 Å². The molecule has 0 saturated carbocycles. The number of hydrogen-bond acceptors (Lipinski definition) is 4. The van der Waals surface area contributed by atoms with Crippen LogP contribution >= 0.6 is 0 Å². The molecule has 1 fully saturated rings. The van der Waals surface area contributed by atoms with Crippen molar-refractivity contribution in [1.29, 1.82) is 0 Å². The molecule has 0 bridgehead atoms. The fourth-order valence-electron chi connectivity index (χ4n) is 3.71. The van der Waals surface area contributed by atoms with Gasteiger partial charge < -0.3 is 5.32 Å². The predicted octanol–water partition coefficient (Wildman–Crippen LogP) is 3.75. The maximum absolute atomic E-state index is 13.0. The van der Waals surface area contributed by atoms with Crippen molar-refractivity contribution in [3.05, 3.63) is 78.1 Å². The summed E-state index contributed by atoms with van der Waals surface area (Å²) in [5, 5.41) is 7.04. The van der Waals surface area contributed by atoms with Crippen molar-refractivity contribution in [2.45, 2.75) is 37.1 Å². The maximum Gasteiger partial charge on any atom is 0.258 e. The van der Waals surface area contributed by atoms with Crippen LogP contribution in [0.3, 0.4) is 0 Å². The van der Waals surface area contributed by atoms with Gasteiger partial charge in [-0.1, -0.05) is 49.2 Å². The highest BCUT2D eigenvalue weighted by Crippen LogP contribution is 2.23. The molecule has 8 heteroatoms. The van der Waals surface area contributed by atoms with Crippen LogP contribution in [0.5, 0.6) is 0 Å². The zero-order chi connectivity index (χ0) is 21.7. The van der Waals surface area contributed by atoms with E-state index in [9.17, 15) is 13.2 Å². The first-order chi connectivity index (χ1) is 15.0. The van der Waals surface area contributed by atoms with Crippen LogP contribution in [-0.2, 0) is 16.6 Å². The average molecular weight is 439 g/mol. The van der Waals surface area contributed by atoms with Crippen molar-refractivity contribution in [2.75, 3.05) is 18.4 Å². The summed E-state index contributed by atoms with van der Waals surface area (Å²) in [6, 6.07) is 16.3. The first kappa shape index (κ1) is 21.3. The molecule has 0 spiro atoms. The quantitative estimate of drug-likeness (QED) is 0.635. The number of hydrogen-bond donors (Lipinski definition) is 1. The van der Waals surface area contributed by atoms with Gasteiger partial charge in [0.1, 0.15) is 0 Å². The second-order valence-electron chi connectivity index (χ2n) is 7.71. The van der Waals surface area contributed by atoms with Crippen LogP contribution in [0.25, 0.3) is 0 Å². The molecular formula is C23H26N4O3S. The third-order valence-corrected chi connectivity index (χ3v) is 7.27. The molecule has 1 N–H and O–H groups in total. The molecule has 31 heavy (non-hydrogen) atoms. The fourth-order valence-corrected chi connectivity index (χ4v) is 5.27. The van der Waals surface area contributed by atoms with Gasteiger partial charge in [0.2, 0.25) is 10.0 Å². The number of rotatable bonds is 6. The molecule has 0 unspecified atom stereocenters. The Hall–Kier alpha value is -2.97. The average Bonchev–Trinajstić information content (AvgIpc) is 3.06. The van der Waals surface area contributed by atoms with Crippen LogP contribution in [0.15, 0.2) is 71.9 Å². The Morgan fingerprint density at radius 1 is 0.968 bits per heavy atom. The summed E-state index contributed by atoms with van der Waals surface area (Å²) in [5.74, 6) is -0.330. The summed E-state index contributed by atoms with van der Waals surface area (Å²) in [5.41, 5.74) is 1.94. The molecule has 7 nitrogen and oxygen atoms in total. The Morgan fingerprint density at radius 2 is 1.71 bits per heavy atom. The minimum atomic E-state index is -3.57. The van der Waals surface area contributed by atoms with Crippen LogP contribution in [-0.4, -0.2) is 41.5 Å². The van der Waals surface area contributed by atoms with E-state index in [4.69, 9.17) is 0 Å². The van der Waals surface area contributed by atoms with E-state index in [2.05, 4.69) is 10.4 Å². The monoisotopic (exact) mass is 438 g/mol. The Morgan fingerprint density at radius 3 is 2.45 bits per heavy atom. The summed E-state index contributed by atoms with van der Waals surface area (Å²) in [4.78, 5) is 12.9. The Kier molecular flexibility index (Phi) is 6.48. The standard InChI is InChI=1S/C23H26N4O3S/c28-23(20-16-24-26(18-20)17-19-9-4-3-5-10-19)25-21-11-8-12-22(15-21)31(29,30)27-13-6-1-2-7-14-27/h3-5,8-12,15-16,18H,1-2,6-7,13-14,17H2,(H,25,28). The van der Waals surface area contributed by atoms with Crippen molar-refractivity contribution in [3.8, 4) is 0 Å². The largest absolute Gasteiger partial charge is 0.322 e. The summed E-state index contributed by atoms with van der Waals surface area (Å²) >= 11 is 0. The third kappa shape index (κ3) is 5.21. The first-order valence-corrected chi connectivity index (χ1v) is 11.9. The second-order valence-corrected chi connectivity index (χ2v) is 9.65. The topological polar surface area (TPSA) is 84.3 Å². The van der Waals surface area contributed by atoms with Gasteiger partial charge in [-0.25, -0.2) is 8.42 Å². The molecule has 2 aromatic carbocycles. The number of anilines is 1. The first-order valence-electron chi connectivity index (χ1n) is 10.5. The normalized spacial score (nSPS) is 15.4. The lowest BCUT2D eigenvalue weighted by Gasteiger charge is -2.20. The number of carbonyl (C=O) groups excluding carboxylic acids is 1. The lowest BCUT2D eigenvalue weighted by atomic mass is 10.2. The van der Waals surface area contributed by atoms with E-state index in [0.29, 0.717) is 30.9 Å². The second kappa shape index (κ2) is 9.45. The van der Waals surface area contributed by atoms with Gasteiger partial charge in [-0.2, -0.15) is 9.40 Å². The van der Waals surface area contributed by atoms with Gasteiger partial charge in [0.05, 0.1) is 23.2 Å². The van der Waals surface area contributed by atoms with Gasteiger partial charge in [-0.05, 0) is 36.6 Å². The molecule has 4 rings (SSSR count). The minimum absolute atomic E-state index is 0.201. The molecule has 2 heterocycles. The van der Waals surface area contributed by atoms with E-state index >= 15 is 0 Å². The Labute approximate surface area is 182 Å². The molecule has 1 amide bonds. The van der Waals surface area contributed by atoms with E-state index in [0.717, 1.165) is 31.2 Å². The summed E-state index contributed by atoms with van der Waals surface area (Å²) in [6.45, 7) is 1.65. The van der Waals surface area contributed by atoms with Crippen molar-refractivity contribution in [1.82, 2.24) is 14.1 Å². The summed E-state index contributed by atoms with van der Waals surface area (Å²) < 4.78 is 29.3. The number of benzene rings is 2. The molecule has 0 aliphatic carbocycles. The molecule has 0 atom stereocenters. The third-order valence-electron chi connectivity index (χ3n) is 5.38. The van der Waals surface area contributed by atoms with E-state index in [-0.39, 0.29) is 10.8 Å². The number of carbonyl (C=O) groups is 1. The van der Waals surface area contributed by atoms with Crippen LogP contribution in [0.4, 0.5) is 5.69 Å². The molecule has 1 saturated heterocycles. The molecule has 1 aliphatic heterocycles. The van der Waals surface area contributed by atoms with Crippen molar-refractivity contribution in [3.63, 3.8) is 0 Å². The molecule has 3 aromatic rings. The number of nitrogens with zero attached hydrogens (tertiary/aromatic N) is 3. The van der Waals surface area contributed by atoms with Crippen LogP contribution in [0.2, 0.25) is 0 Å². The van der Waals surface area contributed by atoms with Gasteiger partial charge in [-0.15, -0.1) is 0 Å². The number of amides is 1. The molecule has 1 aliphatic rings. The molecule has 1 aromatic heterocycles. The zero-order valence-electron chi connectivity index (χ0n) is 17.3. The van der Waals surface area contributed by atoms with Crippen molar-refractivity contribution >= 4 is 21.6 Å². The maximum atomic E-state index is 13.0. The van der Waals surface area contributed by atoms with Gasteiger partial charge in [0.15, 0.2) is 0 Å². The van der Waals surface area contributed by atoms with Crippen molar-refractivity contribution < 1.29 is 13.2 Å². The van der Waals surface area contributed by atoms with E-state index in [1.807, 2.05) is 30.3 Å². The number of nitrogens with one attached hydrogen (secondary N) is 1. The van der Waals surface area contributed by atoms with Crippen LogP contribution in [0, 0.1) is 0 Å². The predicted molar refractivity (Wildman–Crippen MR) is 119 cm³/mol. The van der Waals surface area contributed by atoms with Crippen LogP contribution < -0.4 is 5.32 Å². The molecule has 0 radical (unpaired) electrons.